The number of nitrogens with zero attached hydrogens (tertiary/aromatic N) is 1. The normalized spacial score (nSPS) is 17.9. The molecular formula is C16H18N2O3. The minimum Gasteiger partial charge on any atom is -0.460 e. The highest BCUT2D eigenvalue weighted by Gasteiger charge is 2.34. The first-order valence-electron chi connectivity index (χ1n) is 6.73. The molecule has 0 saturated carbocycles. The Morgan fingerprint density at radius 2 is 1.90 bits per heavy atom. The zero-order valence-electron chi connectivity index (χ0n) is 12.3. The van der Waals surface area contributed by atoms with Gasteiger partial charge in [0.1, 0.15) is 12.5 Å². The molecule has 110 valence electrons. The van der Waals surface area contributed by atoms with Crippen molar-refractivity contribution >= 4 is 17.5 Å². The molecule has 0 saturated heterocycles. The Balaban J connectivity index is 2.14. The number of benzene rings is 1. The van der Waals surface area contributed by atoms with Crippen LogP contribution in [0, 0.1) is 5.92 Å². The SMILES string of the molecule is CC(=O)C1=C(C)NN=C(C)C1C(=O)OCc1ccccc1. The first kappa shape index (κ1) is 15.0. The van der Waals surface area contributed by atoms with Gasteiger partial charge in [0.2, 0.25) is 0 Å². The number of rotatable bonds is 4. The van der Waals surface area contributed by atoms with Crippen molar-refractivity contribution in [1.29, 1.82) is 0 Å². The minimum absolute atomic E-state index is 0.157. The van der Waals surface area contributed by atoms with Crippen molar-refractivity contribution in [3.05, 3.63) is 47.2 Å². The highest BCUT2D eigenvalue weighted by molar-refractivity contribution is 6.13. The Kier molecular flexibility index (Phi) is 4.52. The van der Waals surface area contributed by atoms with Crippen molar-refractivity contribution in [3.63, 3.8) is 0 Å². The van der Waals surface area contributed by atoms with Crippen LogP contribution < -0.4 is 5.43 Å². The minimum atomic E-state index is -0.729. The molecule has 1 aromatic rings. The van der Waals surface area contributed by atoms with E-state index in [2.05, 4.69) is 10.5 Å². The van der Waals surface area contributed by atoms with Gasteiger partial charge in [0.15, 0.2) is 5.78 Å². The molecule has 21 heavy (non-hydrogen) atoms. The molecule has 2 rings (SSSR count). The molecule has 0 fully saturated rings. The summed E-state index contributed by atoms with van der Waals surface area (Å²) in [6.07, 6.45) is 0. The molecule has 0 amide bonds. The van der Waals surface area contributed by atoms with E-state index in [0.29, 0.717) is 17.0 Å². The summed E-state index contributed by atoms with van der Waals surface area (Å²) in [6, 6.07) is 9.42. The Labute approximate surface area is 123 Å². The maximum atomic E-state index is 12.3. The van der Waals surface area contributed by atoms with Crippen molar-refractivity contribution in [1.82, 2.24) is 5.43 Å². The number of carbonyl (C=O) groups is 2. The van der Waals surface area contributed by atoms with Gasteiger partial charge < -0.3 is 4.74 Å². The third kappa shape index (κ3) is 3.37. The molecular weight excluding hydrogens is 268 g/mol. The van der Waals surface area contributed by atoms with Gasteiger partial charge >= 0.3 is 5.97 Å². The van der Waals surface area contributed by atoms with Gasteiger partial charge in [-0.2, -0.15) is 5.10 Å². The van der Waals surface area contributed by atoms with Crippen molar-refractivity contribution in [2.24, 2.45) is 11.0 Å². The van der Waals surface area contributed by atoms with E-state index in [1.54, 1.807) is 13.8 Å². The number of hydrazone groups is 1. The van der Waals surface area contributed by atoms with E-state index in [4.69, 9.17) is 4.74 Å². The second kappa shape index (κ2) is 6.35. The molecule has 0 aromatic heterocycles. The lowest BCUT2D eigenvalue weighted by molar-refractivity contribution is -0.147. The number of hydrogen-bond acceptors (Lipinski definition) is 5. The van der Waals surface area contributed by atoms with Crippen LogP contribution >= 0.6 is 0 Å². The number of ether oxygens (including phenoxy) is 1. The monoisotopic (exact) mass is 286 g/mol. The molecule has 1 heterocycles. The van der Waals surface area contributed by atoms with Crippen molar-refractivity contribution in [2.75, 3.05) is 0 Å². The van der Waals surface area contributed by atoms with E-state index in [1.165, 1.54) is 6.92 Å². The second-order valence-electron chi connectivity index (χ2n) is 4.99. The molecule has 0 spiro atoms. The maximum absolute atomic E-state index is 12.3. The Hall–Kier alpha value is -2.43. The molecule has 1 aliphatic rings. The molecule has 1 unspecified atom stereocenters. The highest BCUT2D eigenvalue weighted by Crippen LogP contribution is 2.23. The fourth-order valence-corrected chi connectivity index (χ4v) is 2.29. The first-order chi connectivity index (χ1) is 10.0. The predicted octanol–water partition coefficient (Wildman–Crippen LogP) is 2.19. The van der Waals surface area contributed by atoms with Gasteiger partial charge in [-0.25, -0.2) is 0 Å². The quantitative estimate of drug-likeness (QED) is 0.861. The van der Waals surface area contributed by atoms with Crippen LogP contribution in [0.15, 0.2) is 46.7 Å². The van der Waals surface area contributed by atoms with Crippen LogP contribution in [0.25, 0.3) is 0 Å². The summed E-state index contributed by atoms with van der Waals surface area (Å²) in [5, 5.41) is 4.06. The van der Waals surface area contributed by atoms with E-state index in [-0.39, 0.29) is 12.4 Å². The van der Waals surface area contributed by atoms with Gasteiger partial charge in [0.25, 0.3) is 0 Å². The number of allylic oxidation sites excluding steroid dienone is 1. The lowest BCUT2D eigenvalue weighted by atomic mass is 9.89. The Bertz CT molecular complexity index is 618. The van der Waals surface area contributed by atoms with Crippen LogP contribution in [0.5, 0.6) is 0 Å². The number of esters is 1. The molecule has 5 heteroatoms. The van der Waals surface area contributed by atoms with Gasteiger partial charge in [0.05, 0.1) is 5.71 Å². The molecule has 1 atom stereocenters. The summed E-state index contributed by atoms with van der Waals surface area (Å²) in [5.41, 5.74) is 5.20. The molecule has 5 nitrogen and oxygen atoms in total. The van der Waals surface area contributed by atoms with Crippen LogP contribution in [0.2, 0.25) is 0 Å². The van der Waals surface area contributed by atoms with Gasteiger partial charge in [-0.3, -0.25) is 15.0 Å². The number of nitrogens with one attached hydrogen (secondary N) is 1. The van der Waals surface area contributed by atoms with Crippen LogP contribution in [0.4, 0.5) is 0 Å². The predicted molar refractivity (Wildman–Crippen MR) is 79.4 cm³/mol. The van der Waals surface area contributed by atoms with Crippen molar-refractivity contribution in [3.8, 4) is 0 Å². The van der Waals surface area contributed by atoms with E-state index < -0.39 is 11.9 Å². The molecule has 1 N–H and O–H groups in total. The summed E-state index contributed by atoms with van der Waals surface area (Å²) in [5.74, 6) is -1.34. The molecule has 0 bridgehead atoms. The zero-order chi connectivity index (χ0) is 15.4. The summed E-state index contributed by atoms with van der Waals surface area (Å²) in [4.78, 5) is 24.1. The third-order valence-electron chi connectivity index (χ3n) is 3.35. The largest absolute Gasteiger partial charge is 0.460 e. The summed E-state index contributed by atoms with van der Waals surface area (Å²) in [6.45, 7) is 5.05. The second-order valence-corrected chi connectivity index (χ2v) is 4.99. The number of carbonyl (C=O) groups excluding carboxylic acids is 2. The standard InChI is InChI=1S/C16H18N2O3/c1-10-14(12(3)19)15(11(2)18-17-10)16(20)21-9-13-7-5-4-6-8-13/h4-8,15,17H,9H2,1-3H3. The average Bonchev–Trinajstić information content (AvgIpc) is 2.47. The number of hydrogen-bond donors (Lipinski definition) is 1. The van der Waals surface area contributed by atoms with Gasteiger partial charge in [-0.1, -0.05) is 30.3 Å². The van der Waals surface area contributed by atoms with Crippen LogP contribution in [0.1, 0.15) is 26.3 Å². The van der Waals surface area contributed by atoms with E-state index in [0.717, 1.165) is 5.56 Å². The number of ketones is 1. The van der Waals surface area contributed by atoms with Gasteiger partial charge in [-0.15, -0.1) is 0 Å². The fourth-order valence-electron chi connectivity index (χ4n) is 2.29. The molecule has 1 aromatic carbocycles. The van der Waals surface area contributed by atoms with Crippen LogP contribution in [-0.2, 0) is 20.9 Å². The summed E-state index contributed by atoms with van der Waals surface area (Å²) in [7, 11) is 0. The lowest BCUT2D eigenvalue weighted by Gasteiger charge is -2.23. The van der Waals surface area contributed by atoms with Crippen molar-refractivity contribution < 1.29 is 14.3 Å². The summed E-state index contributed by atoms with van der Waals surface area (Å²) >= 11 is 0. The summed E-state index contributed by atoms with van der Waals surface area (Å²) < 4.78 is 5.33. The van der Waals surface area contributed by atoms with Gasteiger partial charge in [-0.05, 0) is 26.3 Å². The van der Waals surface area contributed by atoms with E-state index in [1.807, 2.05) is 30.3 Å². The third-order valence-corrected chi connectivity index (χ3v) is 3.35. The van der Waals surface area contributed by atoms with Crippen LogP contribution in [-0.4, -0.2) is 17.5 Å². The Morgan fingerprint density at radius 3 is 2.52 bits per heavy atom. The van der Waals surface area contributed by atoms with E-state index >= 15 is 0 Å². The maximum Gasteiger partial charge on any atom is 0.319 e. The zero-order valence-corrected chi connectivity index (χ0v) is 12.3. The lowest BCUT2D eigenvalue weighted by Crippen LogP contribution is -2.35. The topological polar surface area (TPSA) is 67.8 Å². The molecule has 0 radical (unpaired) electrons. The van der Waals surface area contributed by atoms with Crippen molar-refractivity contribution in [2.45, 2.75) is 27.4 Å². The van der Waals surface area contributed by atoms with Crippen LogP contribution in [0.3, 0.4) is 0 Å². The highest BCUT2D eigenvalue weighted by atomic mass is 16.5. The Morgan fingerprint density at radius 1 is 1.24 bits per heavy atom. The average molecular weight is 286 g/mol. The fraction of sp³-hybridized carbons (Fsp3) is 0.312. The van der Waals surface area contributed by atoms with Gasteiger partial charge in [0, 0.05) is 11.3 Å². The first-order valence-corrected chi connectivity index (χ1v) is 6.73. The smallest absolute Gasteiger partial charge is 0.319 e. The molecule has 0 aliphatic carbocycles. The van der Waals surface area contributed by atoms with E-state index in [9.17, 15) is 9.59 Å². The number of Topliss-reactive ketones (excluding diaryl/α,β-unsaturated/α-hetero) is 1. The molecule has 1 aliphatic heterocycles.